The molecule has 0 N–H and O–H groups in total. The predicted molar refractivity (Wildman–Crippen MR) is 95.7 cm³/mol. The Bertz CT molecular complexity index is 661. The number of benzene rings is 1. The van der Waals surface area contributed by atoms with Gasteiger partial charge in [-0.2, -0.15) is 0 Å². The smallest absolute Gasteiger partial charge is 0.226 e. The summed E-state index contributed by atoms with van der Waals surface area (Å²) in [6.07, 6.45) is 4.90. The average Bonchev–Trinajstić information content (AvgIpc) is 2.98. The highest BCUT2D eigenvalue weighted by atomic mass is 19.1. The maximum Gasteiger partial charge on any atom is 0.226 e. The van der Waals surface area contributed by atoms with Crippen molar-refractivity contribution in [1.82, 2.24) is 9.88 Å². The first kappa shape index (κ1) is 18.1. The topological polar surface area (TPSA) is 38.5 Å². The highest BCUT2D eigenvalue weighted by Crippen LogP contribution is 2.26. The molecule has 0 unspecified atom stereocenters. The van der Waals surface area contributed by atoms with Crippen molar-refractivity contribution in [2.75, 3.05) is 26.8 Å². The Kier molecular flexibility index (Phi) is 6.21. The minimum Gasteiger partial charge on any atom is -0.441 e. The van der Waals surface area contributed by atoms with Crippen molar-refractivity contribution in [3.63, 3.8) is 0 Å². The molecule has 25 heavy (non-hydrogen) atoms. The Balaban J connectivity index is 1.55. The summed E-state index contributed by atoms with van der Waals surface area (Å²) in [7, 11) is 1.77. The molecule has 1 aromatic heterocycles. The minimum absolute atomic E-state index is 0.249. The molecule has 2 aromatic rings. The molecule has 0 atom stereocenters. The molecule has 0 radical (unpaired) electrons. The summed E-state index contributed by atoms with van der Waals surface area (Å²) in [5.41, 5.74) is 1.80. The Morgan fingerprint density at radius 3 is 2.64 bits per heavy atom. The molecular weight excluding hydrogens is 319 g/mol. The van der Waals surface area contributed by atoms with E-state index in [9.17, 15) is 4.39 Å². The number of aromatic nitrogens is 1. The lowest BCUT2D eigenvalue weighted by Gasteiger charge is -2.31. The molecule has 1 saturated heterocycles. The number of aryl methyl sites for hydroxylation is 1. The molecule has 1 aliphatic rings. The summed E-state index contributed by atoms with van der Waals surface area (Å²) in [4.78, 5) is 7.09. The van der Waals surface area contributed by atoms with E-state index in [1.807, 2.05) is 6.92 Å². The largest absolute Gasteiger partial charge is 0.441 e. The Morgan fingerprint density at radius 2 is 1.96 bits per heavy atom. The van der Waals surface area contributed by atoms with Crippen molar-refractivity contribution in [3.8, 4) is 11.5 Å². The highest BCUT2D eigenvalue weighted by Gasteiger charge is 2.21. The quantitative estimate of drug-likeness (QED) is 0.695. The van der Waals surface area contributed by atoms with Crippen LogP contribution in [0, 0.1) is 18.7 Å². The molecule has 0 saturated carbocycles. The van der Waals surface area contributed by atoms with Gasteiger partial charge in [0, 0.05) is 25.8 Å². The van der Waals surface area contributed by atoms with Gasteiger partial charge in [0.25, 0.3) is 0 Å². The van der Waals surface area contributed by atoms with Crippen LogP contribution in [-0.2, 0) is 11.3 Å². The van der Waals surface area contributed by atoms with Crippen molar-refractivity contribution in [2.45, 2.75) is 39.2 Å². The molecule has 1 fully saturated rings. The average molecular weight is 346 g/mol. The first-order chi connectivity index (χ1) is 12.2. The van der Waals surface area contributed by atoms with Crippen LogP contribution >= 0.6 is 0 Å². The van der Waals surface area contributed by atoms with E-state index < -0.39 is 0 Å². The first-order valence-corrected chi connectivity index (χ1v) is 9.09. The number of hydrogen-bond donors (Lipinski definition) is 0. The normalized spacial score (nSPS) is 16.4. The molecule has 0 aliphatic carbocycles. The predicted octanol–water partition coefficient (Wildman–Crippen LogP) is 4.43. The highest BCUT2D eigenvalue weighted by molar-refractivity contribution is 5.53. The van der Waals surface area contributed by atoms with E-state index in [2.05, 4.69) is 9.88 Å². The summed E-state index contributed by atoms with van der Waals surface area (Å²) in [6, 6.07) is 6.28. The Morgan fingerprint density at radius 1 is 1.24 bits per heavy atom. The number of halogens is 1. The summed E-state index contributed by atoms with van der Waals surface area (Å²) in [5, 5.41) is 0. The van der Waals surface area contributed by atoms with E-state index in [0.29, 0.717) is 5.89 Å². The Labute approximate surface area is 149 Å². The number of likely N-dealkylation sites (tertiary alicyclic amines) is 1. The lowest BCUT2D eigenvalue weighted by Crippen LogP contribution is -2.33. The summed E-state index contributed by atoms with van der Waals surface area (Å²) in [5.74, 6) is 1.99. The van der Waals surface area contributed by atoms with E-state index in [4.69, 9.17) is 9.15 Å². The van der Waals surface area contributed by atoms with Gasteiger partial charge in [-0.1, -0.05) is 0 Å². The van der Waals surface area contributed by atoms with Crippen molar-refractivity contribution >= 4 is 0 Å². The third-order valence-electron chi connectivity index (χ3n) is 5.03. The number of ether oxygens (including phenoxy) is 1. The van der Waals surface area contributed by atoms with Gasteiger partial charge in [-0.05, 0) is 75.9 Å². The van der Waals surface area contributed by atoms with Crippen LogP contribution in [0.25, 0.3) is 11.5 Å². The SMILES string of the molecule is COCCCC1CCN(Cc2nc(-c3ccc(F)cc3)oc2C)CC1. The van der Waals surface area contributed by atoms with Gasteiger partial charge in [-0.3, -0.25) is 4.90 Å². The number of rotatable bonds is 7. The first-order valence-electron chi connectivity index (χ1n) is 9.09. The van der Waals surface area contributed by atoms with Gasteiger partial charge >= 0.3 is 0 Å². The van der Waals surface area contributed by atoms with Crippen LogP contribution in [0.3, 0.4) is 0 Å². The van der Waals surface area contributed by atoms with Crippen LogP contribution in [0.1, 0.15) is 37.1 Å². The van der Waals surface area contributed by atoms with Gasteiger partial charge in [0.15, 0.2) is 0 Å². The molecule has 1 aliphatic heterocycles. The summed E-state index contributed by atoms with van der Waals surface area (Å²) >= 11 is 0. The van der Waals surface area contributed by atoms with Gasteiger partial charge in [0.1, 0.15) is 11.6 Å². The standard InChI is InChI=1S/C20H27FN2O2/c1-15-19(22-20(25-15)17-5-7-18(21)8-6-17)14-23-11-9-16(10-12-23)4-3-13-24-2/h5-8,16H,3-4,9-14H2,1-2H3. The fraction of sp³-hybridized carbons (Fsp3) is 0.550. The van der Waals surface area contributed by atoms with E-state index in [-0.39, 0.29) is 5.82 Å². The third kappa shape index (κ3) is 4.89. The van der Waals surface area contributed by atoms with Gasteiger partial charge in [-0.15, -0.1) is 0 Å². The van der Waals surface area contributed by atoms with Crippen LogP contribution in [0.4, 0.5) is 4.39 Å². The molecule has 1 aromatic carbocycles. The third-order valence-corrected chi connectivity index (χ3v) is 5.03. The van der Waals surface area contributed by atoms with E-state index in [0.717, 1.165) is 55.6 Å². The maximum absolute atomic E-state index is 13.1. The molecule has 4 nitrogen and oxygen atoms in total. The number of piperidine rings is 1. The molecular formula is C20H27FN2O2. The fourth-order valence-corrected chi connectivity index (χ4v) is 3.45. The molecule has 0 bridgehead atoms. The molecule has 0 spiro atoms. The van der Waals surface area contributed by atoms with E-state index in [1.165, 1.54) is 31.4 Å². The molecule has 3 rings (SSSR count). The summed E-state index contributed by atoms with van der Waals surface area (Å²) in [6.45, 7) is 5.85. The molecule has 0 amide bonds. The van der Waals surface area contributed by atoms with Gasteiger partial charge in [0.05, 0.1) is 5.69 Å². The summed E-state index contributed by atoms with van der Waals surface area (Å²) < 4.78 is 24.0. The van der Waals surface area contributed by atoms with E-state index in [1.54, 1.807) is 19.2 Å². The minimum atomic E-state index is -0.249. The van der Waals surface area contributed by atoms with Gasteiger partial charge in [0.2, 0.25) is 5.89 Å². The van der Waals surface area contributed by atoms with Crippen molar-refractivity contribution in [2.24, 2.45) is 5.92 Å². The van der Waals surface area contributed by atoms with Gasteiger partial charge < -0.3 is 9.15 Å². The van der Waals surface area contributed by atoms with Crippen molar-refractivity contribution in [1.29, 1.82) is 0 Å². The zero-order valence-corrected chi connectivity index (χ0v) is 15.1. The zero-order valence-electron chi connectivity index (χ0n) is 15.1. The number of nitrogens with zero attached hydrogens (tertiary/aromatic N) is 2. The number of methoxy groups -OCH3 is 1. The number of hydrogen-bond acceptors (Lipinski definition) is 4. The molecule has 2 heterocycles. The second-order valence-electron chi connectivity index (χ2n) is 6.88. The van der Waals surface area contributed by atoms with Gasteiger partial charge in [-0.25, -0.2) is 9.37 Å². The van der Waals surface area contributed by atoms with Crippen LogP contribution in [0.2, 0.25) is 0 Å². The maximum atomic E-state index is 13.1. The fourth-order valence-electron chi connectivity index (χ4n) is 3.45. The zero-order chi connectivity index (χ0) is 17.6. The number of oxazole rings is 1. The second kappa shape index (κ2) is 8.59. The molecule has 136 valence electrons. The van der Waals surface area contributed by atoms with E-state index >= 15 is 0 Å². The second-order valence-corrected chi connectivity index (χ2v) is 6.88. The molecule has 5 heteroatoms. The Hall–Kier alpha value is -1.72. The van der Waals surface area contributed by atoms with Crippen LogP contribution < -0.4 is 0 Å². The monoisotopic (exact) mass is 346 g/mol. The lowest BCUT2D eigenvalue weighted by atomic mass is 9.92. The van der Waals surface area contributed by atoms with Crippen molar-refractivity contribution in [3.05, 3.63) is 41.5 Å². The van der Waals surface area contributed by atoms with Crippen LogP contribution in [-0.4, -0.2) is 36.7 Å². The van der Waals surface area contributed by atoms with Crippen molar-refractivity contribution < 1.29 is 13.5 Å². The van der Waals surface area contributed by atoms with Crippen LogP contribution in [0.15, 0.2) is 28.7 Å². The lowest BCUT2D eigenvalue weighted by molar-refractivity contribution is 0.150. The van der Waals surface area contributed by atoms with Crippen LogP contribution in [0.5, 0.6) is 0 Å².